The van der Waals surface area contributed by atoms with Crippen LogP contribution in [0.3, 0.4) is 0 Å². The number of hydrogen-bond acceptors (Lipinski definition) is 2. The summed E-state index contributed by atoms with van der Waals surface area (Å²) in [4.78, 5) is 25.7. The number of aliphatic carboxylic acids is 2. The zero-order valence-corrected chi connectivity index (χ0v) is 22.7. The average Bonchev–Trinajstić information content (AvgIpc) is 2.80. The molecule has 0 saturated heterocycles. The Morgan fingerprint density at radius 2 is 0.912 bits per heavy atom. The fourth-order valence-corrected chi connectivity index (χ4v) is 6.24. The van der Waals surface area contributed by atoms with E-state index in [2.05, 4.69) is 13.2 Å². The second kappa shape index (κ2) is 15.2. The van der Waals surface area contributed by atoms with Crippen molar-refractivity contribution in [1.82, 2.24) is 0 Å². The Morgan fingerprint density at radius 3 is 1.21 bits per heavy atom. The topological polar surface area (TPSA) is 74.6 Å². The molecular weight excluding hydrogens is 518 g/mol. The summed E-state index contributed by atoms with van der Waals surface area (Å²) in [6, 6.07) is 0. The molecule has 8 heteroatoms. The Kier molecular flexibility index (Phi) is 13.9. The molecule has 0 spiro atoms. The van der Waals surface area contributed by atoms with Gasteiger partial charge < -0.3 is 10.2 Å². The molecule has 0 saturated carbocycles. The highest BCUT2D eigenvalue weighted by Crippen LogP contribution is 2.64. The predicted molar refractivity (Wildman–Crippen MR) is 143 cm³/mol. The summed E-state index contributed by atoms with van der Waals surface area (Å²) in [7, 11) is 0. The Bertz CT molecular complexity index is 739. The van der Waals surface area contributed by atoms with Crippen LogP contribution in [0.25, 0.3) is 0 Å². The minimum atomic E-state index is -1.99. The number of allylic oxidation sites excluding steroid dienone is 4. The number of carbonyl (C=O) groups is 2. The third-order valence-corrected chi connectivity index (χ3v) is 8.78. The van der Waals surface area contributed by atoms with Crippen LogP contribution < -0.4 is 0 Å². The SMILES string of the molecule is C=CCCCCCCCC1(C(=O)O)C(Cl)=C(Cl)C(Cl)=C(Cl)C1(CCCCCCCC=C)C(=O)O. The van der Waals surface area contributed by atoms with Gasteiger partial charge in [0.2, 0.25) is 0 Å². The predicted octanol–water partition coefficient (Wildman–Crippen LogP) is 9.35. The highest BCUT2D eigenvalue weighted by molar-refractivity contribution is 6.52. The van der Waals surface area contributed by atoms with Crippen molar-refractivity contribution in [3.05, 3.63) is 45.4 Å². The molecule has 0 fully saturated rings. The minimum absolute atomic E-state index is 0.00483. The summed E-state index contributed by atoms with van der Waals surface area (Å²) in [6.45, 7) is 7.42. The molecule has 2 N–H and O–H groups in total. The van der Waals surface area contributed by atoms with Gasteiger partial charge in [0.25, 0.3) is 0 Å². The number of rotatable bonds is 18. The van der Waals surface area contributed by atoms with Crippen molar-refractivity contribution in [2.24, 2.45) is 10.8 Å². The van der Waals surface area contributed by atoms with E-state index >= 15 is 0 Å². The first-order valence-corrected chi connectivity index (χ1v) is 13.5. The molecule has 192 valence electrons. The van der Waals surface area contributed by atoms with Gasteiger partial charge in [0.15, 0.2) is 0 Å². The Morgan fingerprint density at radius 1 is 0.618 bits per heavy atom. The Balaban J connectivity index is 3.23. The number of unbranched alkanes of at least 4 members (excludes halogenated alkanes) is 10. The third-order valence-electron chi connectivity index (χ3n) is 6.71. The van der Waals surface area contributed by atoms with Crippen LogP contribution in [-0.2, 0) is 9.59 Å². The quantitative estimate of drug-likeness (QED) is 0.131. The summed E-state index contributed by atoms with van der Waals surface area (Å²) in [5.41, 5.74) is -3.98. The zero-order chi connectivity index (χ0) is 25.8. The monoisotopic (exact) mass is 552 g/mol. The molecular formula is C26H36Cl4O4. The lowest BCUT2D eigenvalue weighted by molar-refractivity contribution is -0.168. The molecule has 0 aromatic carbocycles. The molecule has 34 heavy (non-hydrogen) atoms. The molecule has 1 aliphatic carbocycles. The van der Waals surface area contributed by atoms with E-state index in [1.54, 1.807) is 0 Å². The lowest BCUT2D eigenvalue weighted by Gasteiger charge is -2.47. The van der Waals surface area contributed by atoms with E-state index in [0.717, 1.165) is 64.2 Å². The van der Waals surface area contributed by atoms with Gasteiger partial charge in [0.1, 0.15) is 10.8 Å². The lowest BCUT2D eigenvalue weighted by atomic mass is 9.56. The van der Waals surface area contributed by atoms with Crippen LogP contribution >= 0.6 is 46.4 Å². The summed E-state index contributed by atoms with van der Waals surface area (Å²) >= 11 is 25.7. The van der Waals surface area contributed by atoms with Crippen molar-refractivity contribution >= 4 is 58.3 Å². The van der Waals surface area contributed by atoms with E-state index in [0.29, 0.717) is 12.8 Å². The van der Waals surface area contributed by atoms with E-state index in [1.165, 1.54) is 0 Å². The van der Waals surface area contributed by atoms with Crippen LogP contribution in [0.1, 0.15) is 89.9 Å². The van der Waals surface area contributed by atoms with Crippen LogP contribution in [0.4, 0.5) is 0 Å². The van der Waals surface area contributed by atoms with Crippen molar-refractivity contribution in [2.45, 2.75) is 89.9 Å². The molecule has 1 rings (SSSR count). The molecule has 1 aliphatic rings. The van der Waals surface area contributed by atoms with Gasteiger partial charge in [0, 0.05) is 0 Å². The van der Waals surface area contributed by atoms with Crippen molar-refractivity contribution in [3.8, 4) is 0 Å². The molecule has 2 atom stereocenters. The lowest BCUT2D eigenvalue weighted by Crippen LogP contribution is -2.55. The van der Waals surface area contributed by atoms with Crippen LogP contribution in [0.5, 0.6) is 0 Å². The largest absolute Gasteiger partial charge is 0.481 e. The fourth-order valence-electron chi connectivity index (χ4n) is 4.77. The maximum Gasteiger partial charge on any atom is 0.316 e. The van der Waals surface area contributed by atoms with Crippen molar-refractivity contribution in [3.63, 3.8) is 0 Å². The van der Waals surface area contributed by atoms with Crippen LogP contribution in [-0.4, -0.2) is 22.2 Å². The van der Waals surface area contributed by atoms with Crippen LogP contribution in [0.2, 0.25) is 0 Å². The van der Waals surface area contributed by atoms with Gasteiger partial charge in [-0.2, -0.15) is 0 Å². The first-order valence-electron chi connectivity index (χ1n) is 12.0. The van der Waals surface area contributed by atoms with Gasteiger partial charge in [-0.05, 0) is 38.5 Å². The van der Waals surface area contributed by atoms with Gasteiger partial charge in [-0.3, -0.25) is 9.59 Å². The zero-order valence-electron chi connectivity index (χ0n) is 19.7. The number of hydrogen-bond donors (Lipinski definition) is 2. The first-order chi connectivity index (χ1) is 16.1. The van der Waals surface area contributed by atoms with Crippen LogP contribution in [0, 0.1) is 10.8 Å². The highest BCUT2D eigenvalue weighted by Gasteiger charge is 2.67. The van der Waals surface area contributed by atoms with E-state index in [9.17, 15) is 19.8 Å². The second-order valence-corrected chi connectivity index (χ2v) is 10.4. The van der Waals surface area contributed by atoms with E-state index < -0.39 is 22.8 Å². The molecule has 0 amide bonds. The van der Waals surface area contributed by atoms with Gasteiger partial charge in [-0.15, -0.1) is 13.2 Å². The summed E-state index contributed by atoms with van der Waals surface area (Å²) < 4.78 is 0. The summed E-state index contributed by atoms with van der Waals surface area (Å²) in [5, 5.41) is 20.0. The number of halogens is 4. The minimum Gasteiger partial charge on any atom is -0.481 e. The number of carboxylic acids is 2. The molecule has 0 aliphatic heterocycles. The fraction of sp³-hybridized carbons (Fsp3) is 0.615. The smallest absolute Gasteiger partial charge is 0.316 e. The van der Waals surface area contributed by atoms with Gasteiger partial charge in [-0.25, -0.2) is 0 Å². The normalized spacial score (nSPS) is 22.7. The van der Waals surface area contributed by atoms with E-state index in [4.69, 9.17) is 46.4 Å². The molecule has 4 nitrogen and oxygen atoms in total. The van der Waals surface area contributed by atoms with Gasteiger partial charge in [-0.1, -0.05) is 110 Å². The second-order valence-electron chi connectivity index (χ2n) is 8.87. The maximum atomic E-state index is 12.8. The van der Waals surface area contributed by atoms with Gasteiger partial charge >= 0.3 is 11.9 Å². The number of carboxylic acid groups (broad SMARTS) is 2. The highest BCUT2D eigenvalue weighted by atomic mass is 35.5. The van der Waals surface area contributed by atoms with E-state index in [-0.39, 0.29) is 33.0 Å². The Hall–Kier alpha value is -0.940. The van der Waals surface area contributed by atoms with Crippen molar-refractivity contribution in [1.29, 1.82) is 0 Å². The molecule has 0 aromatic rings. The molecule has 0 bridgehead atoms. The first kappa shape index (κ1) is 31.1. The standard InChI is InChI=1S/C26H36Cl4O4/c1-3-5-7-9-11-13-15-17-25(23(31)32)21(29)19(27)20(28)22(30)26(25,24(33)34)18-16-14-12-10-8-6-4-2/h3-4H,1-2,5-18H2,(H,31,32)(H,33,34). The van der Waals surface area contributed by atoms with Gasteiger partial charge in [0.05, 0.1) is 20.1 Å². The van der Waals surface area contributed by atoms with Crippen LogP contribution in [0.15, 0.2) is 45.4 Å². The third kappa shape index (κ3) is 6.84. The summed E-state index contributed by atoms with van der Waals surface area (Å²) in [6.07, 6.45) is 13.8. The Labute approximate surface area is 223 Å². The van der Waals surface area contributed by atoms with Crippen molar-refractivity contribution in [2.75, 3.05) is 0 Å². The van der Waals surface area contributed by atoms with E-state index in [1.807, 2.05) is 12.2 Å². The van der Waals surface area contributed by atoms with Crippen molar-refractivity contribution < 1.29 is 19.8 Å². The maximum absolute atomic E-state index is 12.8. The molecule has 0 heterocycles. The molecule has 2 unspecified atom stereocenters. The summed E-state index contributed by atoms with van der Waals surface area (Å²) in [5.74, 6) is -2.70. The molecule has 0 aromatic heterocycles. The molecule has 0 radical (unpaired) electrons. The average molecular weight is 554 g/mol.